The summed E-state index contributed by atoms with van der Waals surface area (Å²) < 4.78 is 0. The predicted octanol–water partition coefficient (Wildman–Crippen LogP) is -2.21. The molecule has 1 heterocycles. The molecule has 0 saturated heterocycles. The minimum Gasteiger partial charge on any atom is -0.401 e. The topological polar surface area (TPSA) is 337 Å². The Balaban J connectivity index is 2.80. The number of imidazole rings is 1. The molecule has 0 saturated carbocycles. The largest absolute Gasteiger partial charge is 0.401 e. The Kier molecular flexibility index (Phi) is 21.2. The third kappa shape index (κ3) is 19.8. The van der Waals surface area contributed by atoms with E-state index in [2.05, 4.69) is 53.4 Å². The van der Waals surface area contributed by atoms with E-state index < -0.39 is 59.0 Å². The molecular formula is C35H61N13O7. The molecule has 1 aromatic heterocycles. The van der Waals surface area contributed by atoms with Gasteiger partial charge in [-0.25, -0.2) is 4.98 Å². The second kappa shape index (κ2) is 24.6. The number of carbonyl (C=O) groups excluding carboxylic acids is 7. The van der Waals surface area contributed by atoms with Crippen LogP contribution in [0.2, 0.25) is 0 Å². The molecule has 308 valence electrons. The highest BCUT2D eigenvalue weighted by Gasteiger charge is 2.38. The van der Waals surface area contributed by atoms with Crippen molar-refractivity contribution < 1.29 is 33.6 Å². The molecule has 0 aromatic carbocycles. The maximum atomic E-state index is 13.5. The fourth-order valence-electron chi connectivity index (χ4n) is 5.03. The number of carbonyl (C=O) groups is 7. The van der Waals surface area contributed by atoms with Gasteiger partial charge in [-0.05, 0) is 58.3 Å². The van der Waals surface area contributed by atoms with E-state index in [0.717, 1.165) is 5.69 Å². The van der Waals surface area contributed by atoms with Gasteiger partial charge in [0.1, 0.15) is 17.5 Å². The van der Waals surface area contributed by atoms with Crippen molar-refractivity contribution in [1.29, 1.82) is 0 Å². The molecule has 15 N–H and O–H groups in total. The Morgan fingerprint density at radius 3 is 2.09 bits per heavy atom. The second-order valence-electron chi connectivity index (χ2n) is 14.1. The van der Waals surface area contributed by atoms with E-state index in [1.165, 1.54) is 20.2 Å². The molecular weight excluding hydrogens is 714 g/mol. The maximum Gasteiger partial charge on any atom is 0.243 e. The van der Waals surface area contributed by atoms with Crippen molar-refractivity contribution in [2.24, 2.45) is 39.3 Å². The van der Waals surface area contributed by atoms with Gasteiger partial charge >= 0.3 is 0 Å². The minimum atomic E-state index is -1.62. The number of aromatic nitrogens is 2. The predicted molar refractivity (Wildman–Crippen MR) is 206 cm³/mol. The SMILES string of the molecule is C=C(N)C(CC(C)C)NC(=O)CNC(=O)CCCCNC(=O)C(CCCN=C(N)N)NC(=O)C(CCC(N)=O)NC(=O)C(C)(C)C(=O)NCCc1cnc[nH]1. The summed E-state index contributed by atoms with van der Waals surface area (Å²) in [5.74, 6) is -4.04. The van der Waals surface area contributed by atoms with Crippen LogP contribution in [0.25, 0.3) is 0 Å². The third-order valence-electron chi connectivity index (χ3n) is 8.32. The minimum absolute atomic E-state index is 0.0979. The van der Waals surface area contributed by atoms with Gasteiger partial charge in [-0.15, -0.1) is 0 Å². The van der Waals surface area contributed by atoms with Crippen LogP contribution in [0.3, 0.4) is 0 Å². The highest BCUT2D eigenvalue weighted by atomic mass is 16.2. The fourth-order valence-corrected chi connectivity index (χ4v) is 5.03. The maximum absolute atomic E-state index is 13.5. The monoisotopic (exact) mass is 775 g/mol. The molecule has 55 heavy (non-hydrogen) atoms. The molecule has 0 aliphatic carbocycles. The van der Waals surface area contributed by atoms with Crippen molar-refractivity contribution in [3.05, 3.63) is 30.5 Å². The summed E-state index contributed by atoms with van der Waals surface area (Å²) >= 11 is 0. The fraction of sp³-hybridized carbons (Fsp3) is 0.629. The van der Waals surface area contributed by atoms with Gasteiger partial charge in [0, 0.05) is 56.5 Å². The summed E-state index contributed by atoms with van der Waals surface area (Å²) in [6.45, 7) is 10.8. The number of amides is 7. The lowest BCUT2D eigenvalue weighted by atomic mass is 9.90. The van der Waals surface area contributed by atoms with E-state index in [4.69, 9.17) is 22.9 Å². The van der Waals surface area contributed by atoms with E-state index in [1.807, 2.05) is 13.8 Å². The van der Waals surface area contributed by atoms with Crippen LogP contribution >= 0.6 is 0 Å². The summed E-state index contributed by atoms with van der Waals surface area (Å²) in [5.41, 5.74) is 21.4. The van der Waals surface area contributed by atoms with Crippen LogP contribution in [-0.2, 0) is 40.0 Å². The van der Waals surface area contributed by atoms with Gasteiger partial charge in [0.2, 0.25) is 41.4 Å². The Labute approximate surface area is 322 Å². The Hall–Kier alpha value is -5.69. The Bertz CT molecular complexity index is 1470. The first-order valence-corrected chi connectivity index (χ1v) is 18.3. The van der Waals surface area contributed by atoms with Crippen LogP contribution in [0.15, 0.2) is 29.8 Å². The Morgan fingerprint density at radius 2 is 1.49 bits per heavy atom. The van der Waals surface area contributed by atoms with Gasteiger partial charge < -0.3 is 59.8 Å². The van der Waals surface area contributed by atoms with Crippen LogP contribution in [0, 0.1) is 11.3 Å². The number of hydrogen-bond donors (Lipinski definition) is 11. The van der Waals surface area contributed by atoms with Gasteiger partial charge in [0.15, 0.2) is 5.96 Å². The molecule has 0 radical (unpaired) electrons. The quantitative estimate of drug-likeness (QED) is 0.0197. The number of unbranched alkanes of at least 4 members (excludes halogenated alkanes) is 1. The lowest BCUT2D eigenvalue weighted by molar-refractivity contribution is -0.143. The van der Waals surface area contributed by atoms with Crippen molar-refractivity contribution >= 4 is 47.3 Å². The number of rotatable bonds is 27. The van der Waals surface area contributed by atoms with Crippen LogP contribution < -0.4 is 54.8 Å². The van der Waals surface area contributed by atoms with Crippen molar-refractivity contribution in [3.63, 3.8) is 0 Å². The van der Waals surface area contributed by atoms with Gasteiger partial charge in [-0.1, -0.05) is 20.4 Å². The third-order valence-corrected chi connectivity index (χ3v) is 8.32. The molecule has 0 fully saturated rings. The zero-order chi connectivity index (χ0) is 41.6. The van der Waals surface area contributed by atoms with Crippen LogP contribution in [0.1, 0.15) is 84.8 Å². The van der Waals surface area contributed by atoms with Gasteiger partial charge in [-0.3, -0.25) is 38.6 Å². The highest BCUT2D eigenvalue weighted by Crippen LogP contribution is 2.17. The average molecular weight is 776 g/mol. The van der Waals surface area contributed by atoms with Crippen molar-refractivity contribution in [2.45, 2.75) is 104 Å². The zero-order valence-electron chi connectivity index (χ0n) is 32.4. The summed E-state index contributed by atoms with van der Waals surface area (Å²) in [6, 6.07) is -2.82. The zero-order valence-corrected chi connectivity index (χ0v) is 32.4. The number of nitrogens with one attached hydrogen (secondary N) is 7. The molecule has 7 amide bonds. The molecule has 0 aliphatic rings. The van der Waals surface area contributed by atoms with Crippen molar-refractivity contribution in [2.75, 3.05) is 26.2 Å². The molecule has 3 unspecified atom stereocenters. The van der Waals surface area contributed by atoms with Crippen molar-refractivity contribution in [3.8, 4) is 0 Å². The molecule has 20 heteroatoms. The van der Waals surface area contributed by atoms with E-state index in [0.29, 0.717) is 37.8 Å². The normalized spacial score (nSPS) is 12.7. The van der Waals surface area contributed by atoms with Crippen LogP contribution in [0.4, 0.5) is 0 Å². The number of hydrogen-bond acceptors (Lipinski definition) is 10. The number of nitrogens with zero attached hydrogens (tertiary/aromatic N) is 2. The number of aliphatic imine (C=N–C) groups is 1. The molecule has 0 bridgehead atoms. The molecule has 1 rings (SSSR count). The van der Waals surface area contributed by atoms with Crippen LogP contribution in [-0.4, -0.2) is 102 Å². The molecule has 3 atom stereocenters. The molecule has 0 spiro atoms. The van der Waals surface area contributed by atoms with Crippen LogP contribution in [0.5, 0.6) is 0 Å². The molecule has 1 aromatic rings. The standard InChI is InChI=1S/C35H61N13O7/c1-21(2)17-26(22(3)36)46-29(51)19-44-28(50)10-6-7-14-41-30(52)24(9-8-15-43-34(38)39)47-31(53)25(11-12-27(37)49)48-33(55)35(4,5)32(54)42-16-13-23-18-40-20-45-23/h18,20-21,24-26H,3,6-17,19,36H2,1-2,4-5H3,(H2,37,49)(H,40,45)(H,41,52)(H,42,54)(H,44,50)(H,46,51)(H,47,53)(H,48,55)(H4,38,39,43). The molecule has 20 nitrogen and oxygen atoms in total. The van der Waals surface area contributed by atoms with Gasteiger partial charge in [0.05, 0.1) is 18.9 Å². The average Bonchev–Trinajstić information content (AvgIpc) is 3.62. The number of aromatic amines is 1. The summed E-state index contributed by atoms with van der Waals surface area (Å²) in [7, 11) is 0. The van der Waals surface area contributed by atoms with E-state index in [-0.39, 0.29) is 69.6 Å². The first-order chi connectivity index (χ1) is 25.8. The second-order valence-corrected chi connectivity index (χ2v) is 14.1. The van der Waals surface area contributed by atoms with Gasteiger partial charge in [0.25, 0.3) is 0 Å². The number of guanidine groups is 1. The molecule has 0 aliphatic heterocycles. The highest BCUT2D eigenvalue weighted by molar-refractivity contribution is 6.05. The Morgan fingerprint density at radius 1 is 0.800 bits per heavy atom. The number of nitrogens with two attached hydrogens (primary N) is 4. The van der Waals surface area contributed by atoms with Gasteiger partial charge in [-0.2, -0.15) is 0 Å². The lowest BCUT2D eigenvalue weighted by Crippen LogP contribution is -2.57. The van der Waals surface area contributed by atoms with E-state index in [1.54, 1.807) is 6.20 Å². The smallest absolute Gasteiger partial charge is 0.243 e. The first-order valence-electron chi connectivity index (χ1n) is 18.3. The van der Waals surface area contributed by atoms with E-state index >= 15 is 0 Å². The number of primary amides is 1. The first kappa shape index (κ1) is 47.3. The lowest BCUT2D eigenvalue weighted by Gasteiger charge is -2.27. The van der Waals surface area contributed by atoms with Crippen molar-refractivity contribution in [1.82, 2.24) is 41.9 Å². The summed E-state index contributed by atoms with van der Waals surface area (Å²) in [6.07, 6.45) is 5.00. The summed E-state index contributed by atoms with van der Waals surface area (Å²) in [5, 5.41) is 15.9. The summed E-state index contributed by atoms with van der Waals surface area (Å²) in [4.78, 5) is 100. The van der Waals surface area contributed by atoms with E-state index in [9.17, 15) is 33.6 Å². The number of H-pyrrole nitrogens is 1.